The first kappa shape index (κ1) is 15.2. The summed E-state index contributed by atoms with van der Waals surface area (Å²) in [5.74, 6) is 0.368. The normalized spacial score (nSPS) is 11.4. The van der Waals surface area contributed by atoms with Crippen molar-refractivity contribution in [3.8, 4) is 11.3 Å². The maximum absolute atomic E-state index is 12.3. The van der Waals surface area contributed by atoms with Crippen LogP contribution in [0.2, 0.25) is 0 Å². The fraction of sp³-hybridized carbons (Fsp3) is 0.400. The van der Waals surface area contributed by atoms with Gasteiger partial charge in [0.05, 0.1) is 0 Å². The van der Waals surface area contributed by atoms with Gasteiger partial charge in [-0.2, -0.15) is 0 Å². The van der Waals surface area contributed by atoms with Crippen molar-refractivity contribution < 1.29 is 9.32 Å². The molecule has 1 amide bonds. The molecular weight excluding hydrogens is 268 g/mol. The molecule has 0 aliphatic carbocycles. The van der Waals surface area contributed by atoms with Crippen LogP contribution in [0.1, 0.15) is 24.3 Å². The van der Waals surface area contributed by atoms with Gasteiger partial charge in [-0.05, 0) is 24.1 Å². The highest BCUT2D eigenvalue weighted by Crippen LogP contribution is 2.21. The van der Waals surface area contributed by atoms with Gasteiger partial charge in [-0.1, -0.05) is 19.0 Å². The third kappa shape index (κ3) is 3.66. The van der Waals surface area contributed by atoms with Crippen molar-refractivity contribution in [2.45, 2.75) is 13.8 Å². The summed E-state index contributed by atoms with van der Waals surface area (Å²) >= 11 is 0. The van der Waals surface area contributed by atoms with E-state index < -0.39 is 0 Å². The minimum Gasteiger partial charge on any atom is -0.355 e. The molecule has 2 aromatic rings. The van der Waals surface area contributed by atoms with Crippen LogP contribution in [0.5, 0.6) is 0 Å². The van der Waals surface area contributed by atoms with Crippen molar-refractivity contribution >= 4 is 5.91 Å². The van der Waals surface area contributed by atoms with Crippen LogP contribution < -0.4 is 5.73 Å². The summed E-state index contributed by atoms with van der Waals surface area (Å²) < 4.78 is 5.23. The standard InChI is InChI=1S/C15H20N4O2/c1-15(2,9-16)10-19(3)14(20)12-8-13(21-18-12)11-4-6-17-7-5-11/h4-8H,9-10,16H2,1-3H3. The van der Waals surface area contributed by atoms with Gasteiger partial charge >= 0.3 is 0 Å². The fourth-order valence-electron chi connectivity index (χ4n) is 2.00. The van der Waals surface area contributed by atoms with Crippen LogP contribution in [0.15, 0.2) is 35.1 Å². The number of amides is 1. The molecule has 0 spiro atoms. The van der Waals surface area contributed by atoms with Gasteiger partial charge in [0.1, 0.15) is 0 Å². The first-order valence-electron chi connectivity index (χ1n) is 6.75. The molecule has 0 radical (unpaired) electrons. The van der Waals surface area contributed by atoms with Crippen LogP contribution in [-0.2, 0) is 0 Å². The van der Waals surface area contributed by atoms with Crippen LogP contribution in [-0.4, -0.2) is 41.1 Å². The Hall–Kier alpha value is -2.21. The minimum absolute atomic E-state index is 0.137. The van der Waals surface area contributed by atoms with Crippen molar-refractivity contribution in [3.63, 3.8) is 0 Å². The predicted molar refractivity (Wildman–Crippen MR) is 79.5 cm³/mol. The minimum atomic E-state index is -0.180. The quantitative estimate of drug-likeness (QED) is 0.906. The van der Waals surface area contributed by atoms with Crippen LogP contribution in [0.4, 0.5) is 0 Å². The Labute approximate surface area is 123 Å². The molecule has 0 saturated heterocycles. The highest BCUT2D eigenvalue weighted by molar-refractivity contribution is 5.93. The largest absolute Gasteiger partial charge is 0.355 e. The lowest BCUT2D eigenvalue weighted by Crippen LogP contribution is -2.39. The van der Waals surface area contributed by atoms with Crippen molar-refractivity contribution in [2.24, 2.45) is 11.1 Å². The molecule has 0 saturated carbocycles. The van der Waals surface area contributed by atoms with E-state index in [0.29, 0.717) is 18.8 Å². The molecule has 0 aliphatic heterocycles. The summed E-state index contributed by atoms with van der Waals surface area (Å²) in [6, 6.07) is 5.25. The summed E-state index contributed by atoms with van der Waals surface area (Å²) in [5.41, 5.74) is 6.68. The maximum Gasteiger partial charge on any atom is 0.275 e. The number of rotatable bonds is 5. The van der Waals surface area contributed by atoms with Gasteiger partial charge in [-0.15, -0.1) is 0 Å². The molecule has 112 valence electrons. The zero-order valence-corrected chi connectivity index (χ0v) is 12.5. The summed E-state index contributed by atoms with van der Waals surface area (Å²) in [6.45, 7) is 5.09. The predicted octanol–water partition coefficient (Wildman–Crippen LogP) is 1.79. The number of nitrogens with zero attached hydrogens (tertiary/aromatic N) is 3. The second-order valence-corrected chi connectivity index (χ2v) is 5.84. The van der Waals surface area contributed by atoms with Gasteiger partial charge in [0.2, 0.25) is 0 Å². The Balaban J connectivity index is 2.12. The number of carbonyl (C=O) groups is 1. The van der Waals surface area contributed by atoms with Crippen molar-refractivity contribution in [1.29, 1.82) is 0 Å². The van der Waals surface area contributed by atoms with Gasteiger partial charge in [0, 0.05) is 37.6 Å². The maximum atomic E-state index is 12.3. The number of pyridine rings is 1. The number of hydrogen-bond acceptors (Lipinski definition) is 5. The topological polar surface area (TPSA) is 85.2 Å². The molecule has 0 atom stereocenters. The second kappa shape index (κ2) is 6.05. The summed E-state index contributed by atoms with van der Waals surface area (Å²) in [4.78, 5) is 17.9. The van der Waals surface area contributed by atoms with Gasteiger partial charge < -0.3 is 15.2 Å². The van der Waals surface area contributed by atoms with Gasteiger partial charge in [-0.25, -0.2) is 0 Å². The second-order valence-electron chi connectivity index (χ2n) is 5.84. The Morgan fingerprint density at radius 1 is 1.38 bits per heavy atom. The molecule has 2 aromatic heterocycles. The van der Waals surface area contributed by atoms with Crippen LogP contribution in [0.25, 0.3) is 11.3 Å². The molecule has 0 bridgehead atoms. The number of aromatic nitrogens is 2. The molecule has 0 unspecified atom stereocenters. The van der Waals surface area contributed by atoms with E-state index in [1.807, 2.05) is 13.8 Å². The number of carbonyl (C=O) groups excluding carboxylic acids is 1. The van der Waals surface area contributed by atoms with E-state index in [0.717, 1.165) is 5.56 Å². The molecule has 6 heteroatoms. The van der Waals surface area contributed by atoms with E-state index in [-0.39, 0.29) is 17.0 Å². The fourth-order valence-corrected chi connectivity index (χ4v) is 2.00. The van der Waals surface area contributed by atoms with E-state index in [1.165, 1.54) is 0 Å². The molecular formula is C15H20N4O2. The third-order valence-corrected chi connectivity index (χ3v) is 3.26. The lowest BCUT2D eigenvalue weighted by Gasteiger charge is -2.28. The van der Waals surface area contributed by atoms with Gasteiger partial charge in [0.15, 0.2) is 11.5 Å². The molecule has 0 fully saturated rings. The van der Waals surface area contributed by atoms with Crippen LogP contribution >= 0.6 is 0 Å². The van der Waals surface area contributed by atoms with Crippen molar-refractivity contribution in [3.05, 3.63) is 36.3 Å². The van der Waals surface area contributed by atoms with Gasteiger partial charge in [-0.3, -0.25) is 9.78 Å². The van der Waals surface area contributed by atoms with Gasteiger partial charge in [0.25, 0.3) is 5.91 Å². The Bertz CT molecular complexity index is 607. The van der Waals surface area contributed by atoms with E-state index in [4.69, 9.17) is 10.3 Å². The van der Waals surface area contributed by atoms with Crippen molar-refractivity contribution in [2.75, 3.05) is 20.1 Å². The smallest absolute Gasteiger partial charge is 0.275 e. The molecule has 2 N–H and O–H groups in total. The summed E-state index contributed by atoms with van der Waals surface area (Å²) in [6.07, 6.45) is 3.32. The highest BCUT2D eigenvalue weighted by Gasteiger charge is 2.24. The summed E-state index contributed by atoms with van der Waals surface area (Å²) in [5, 5.41) is 3.85. The van der Waals surface area contributed by atoms with Crippen molar-refractivity contribution in [1.82, 2.24) is 15.0 Å². The number of hydrogen-bond donors (Lipinski definition) is 1. The van der Waals surface area contributed by atoms with E-state index >= 15 is 0 Å². The van der Waals surface area contributed by atoms with Crippen LogP contribution in [0, 0.1) is 5.41 Å². The van der Waals surface area contributed by atoms with E-state index in [9.17, 15) is 4.79 Å². The van der Waals surface area contributed by atoms with E-state index in [2.05, 4.69) is 10.1 Å². The molecule has 0 aliphatic rings. The zero-order valence-electron chi connectivity index (χ0n) is 12.5. The molecule has 21 heavy (non-hydrogen) atoms. The number of nitrogens with two attached hydrogens (primary N) is 1. The Kier molecular flexibility index (Phi) is 4.37. The van der Waals surface area contributed by atoms with E-state index in [1.54, 1.807) is 42.5 Å². The van der Waals surface area contributed by atoms with Crippen LogP contribution in [0.3, 0.4) is 0 Å². The SMILES string of the molecule is CN(CC(C)(C)CN)C(=O)c1cc(-c2ccncc2)on1. The first-order valence-corrected chi connectivity index (χ1v) is 6.75. The first-order chi connectivity index (χ1) is 9.93. The average molecular weight is 288 g/mol. The third-order valence-electron chi connectivity index (χ3n) is 3.26. The molecule has 6 nitrogen and oxygen atoms in total. The average Bonchev–Trinajstić information content (AvgIpc) is 2.96. The lowest BCUT2D eigenvalue weighted by molar-refractivity contribution is 0.0730. The lowest BCUT2D eigenvalue weighted by atomic mass is 9.93. The highest BCUT2D eigenvalue weighted by atomic mass is 16.5. The summed E-state index contributed by atoms with van der Waals surface area (Å²) in [7, 11) is 1.74. The Morgan fingerprint density at radius 2 is 2.05 bits per heavy atom. The monoisotopic (exact) mass is 288 g/mol. The molecule has 2 heterocycles. The molecule has 0 aromatic carbocycles. The Morgan fingerprint density at radius 3 is 2.67 bits per heavy atom. The zero-order chi connectivity index (χ0) is 15.5. The molecule has 2 rings (SSSR count).